The van der Waals surface area contributed by atoms with Gasteiger partial charge in [-0.1, -0.05) is 30.3 Å². The van der Waals surface area contributed by atoms with Crippen molar-refractivity contribution in [3.05, 3.63) is 69.0 Å². The lowest BCUT2D eigenvalue weighted by atomic mass is 9.92. The molecule has 0 spiro atoms. The molecule has 5 aromatic rings. The molecule has 2 unspecified atom stereocenters. The van der Waals surface area contributed by atoms with Crippen molar-refractivity contribution in [3.8, 4) is 11.6 Å². The maximum atomic E-state index is 13.1. The van der Waals surface area contributed by atoms with Crippen LogP contribution >= 0.6 is 0 Å². The van der Waals surface area contributed by atoms with Gasteiger partial charge in [0.1, 0.15) is 11.1 Å². The zero-order valence-electron chi connectivity index (χ0n) is 23.1. The number of ether oxygens (including phenoxy) is 2. The number of hydrogen-bond acceptors (Lipinski definition) is 5. The molecule has 0 saturated carbocycles. The fourth-order valence-electron chi connectivity index (χ4n) is 6.49. The largest absolute Gasteiger partial charge is 0.492 e. The summed E-state index contributed by atoms with van der Waals surface area (Å²) in [5.74, 6) is 1.38. The first-order valence-corrected chi connectivity index (χ1v) is 13.4. The average molecular weight is 528 g/mol. The first-order valence-electron chi connectivity index (χ1n) is 13.4. The van der Waals surface area contributed by atoms with E-state index in [1.165, 1.54) is 0 Å². The van der Waals surface area contributed by atoms with Gasteiger partial charge in [0.15, 0.2) is 11.6 Å². The maximum Gasteiger partial charge on any atom is 0.410 e. The highest BCUT2D eigenvalue weighted by Crippen LogP contribution is 2.45. The minimum atomic E-state index is -0.578. The van der Waals surface area contributed by atoms with Crippen molar-refractivity contribution in [2.45, 2.75) is 71.2 Å². The van der Waals surface area contributed by atoms with E-state index >= 15 is 0 Å². The Hall–Kier alpha value is -4.07. The van der Waals surface area contributed by atoms with E-state index in [0.717, 1.165) is 27.6 Å². The number of rotatable bonds is 3. The quantitative estimate of drug-likeness (QED) is 0.282. The number of benzene rings is 2. The molecular weight excluding hydrogens is 494 g/mol. The van der Waals surface area contributed by atoms with Crippen molar-refractivity contribution < 1.29 is 14.3 Å². The van der Waals surface area contributed by atoms with Crippen LogP contribution in [0.15, 0.2) is 58.1 Å². The number of fused-ring (bicyclic) bond motifs is 4. The number of amides is 1. The fraction of sp³-hybridized carbons (Fsp3) is 0.387. The SMILES string of the molecule is COc1c(-n2c3ccccc3c3c(=O)c(=O)c32)n(C2CC(C)N(C(=O)OC(C)(C)C)C(C)C2)c2ccccc12. The van der Waals surface area contributed by atoms with E-state index < -0.39 is 16.5 Å². The Kier molecular flexibility index (Phi) is 5.64. The van der Waals surface area contributed by atoms with Crippen molar-refractivity contribution in [1.82, 2.24) is 14.0 Å². The molecule has 0 N–H and O–H groups in total. The van der Waals surface area contributed by atoms with Gasteiger partial charge in [-0.3, -0.25) is 14.2 Å². The Morgan fingerprint density at radius 1 is 0.872 bits per heavy atom. The van der Waals surface area contributed by atoms with Gasteiger partial charge in [-0.25, -0.2) is 4.79 Å². The van der Waals surface area contributed by atoms with Crippen LogP contribution in [0.25, 0.3) is 38.5 Å². The smallest absolute Gasteiger partial charge is 0.410 e. The number of methoxy groups -OCH3 is 1. The van der Waals surface area contributed by atoms with Gasteiger partial charge in [0.25, 0.3) is 5.43 Å². The van der Waals surface area contributed by atoms with Crippen LogP contribution in [0, 0.1) is 0 Å². The Labute approximate surface area is 226 Å². The molecule has 0 aliphatic carbocycles. The average Bonchev–Trinajstić information content (AvgIpc) is 3.37. The summed E-state index contributed by atoms with van der Waals surface area (Å²) in [6.07, 6.45) is 1.07. The molecule has 1 amide bonds. The molecule has 0 radical (unpaired) electrons. The summed E-state index contributed by atoms with van der Waals surface area (Å²) in [5.41, 5.74) is 0.651. The van der Waals surface area contributed by atoms with Gasteiger partial charge >= 0.3 is 6.09 Å². The van der Waals surface area contributed by atoms with Crippen LogP contribution in [-0.4, -0.2) is 44.9 Å². The summed E-state index contributed by atoms with van der Waals surface area (Å²) in [5, 5.41) is 2.16. The molecule has 39 heavy (non-hydrogen) atoms. The molecular formula is C31H33N3O5. The van der Waals surface area contributed by atoms with E-state index in [2.05, 4.69) is 24.5 Å². The highest BCUT2D eigenvalue weighted by molar-refractivity contribution is 6.12. The Morgan fingerprint density at radius 2 is 1.46 bits per heavy atom. The Morgan fingerprint density at radius 3 is 2.08 bits per heavy atom. The summed E-state index contributed by atoms with van der Waals surface area (Å²) in [4.78, 5) is 40.6. The molecule has 1 fully saturated rings. The van der Waals surface area contributed by atoms with Crippen LogP contribution in [0.4, 0.5) is 4.79 Å². The number of para-hydroxylation sites is 2. The lowest BCUT2D eigenvalue weighted by Crippen LogP contribution is -2.51. The number of aromatic nitrogens is 2. The van der Waals surface area contributed by atoms with Crippen LogP contribution in [0.2, 0.25) is 0 Å². The minimum absolute atomic E-state index is 0.000166. The van der Waals surface area contributed by atoms with E-state index in [0.29, 0.717) is 29.5 Å². The van der Waals surface area contributed by atoms with Crippen LogP contribution in [-0.2, 0) is 4.74 Å². The lowest BCUT2D eigenvalue weighted by molar-refractivity contribution is -0.00588. The van der Waals surface area contributed by atoms with Crippen molar-refractivity contribution in [2.24, 2.45) is 0 Å². The highest BCUT2D eigenvalue weighted by Gasteiger charge is 2.39. The van der Waals surface area contributed by atoms with E-state index in [-0.39, 0.29) is 24.2 Å². The molecule has 1 aliphatic rings. The van der Waals surface area contributed by atoms with Crippen LogP contribution in [0.3, 0.4) is 0 Å². The van der Waals surface area contributed by atoms with Crippen LogP contribution < -0.4 is 15.6 Å². The third-order valence-corrected chi connectivity index (χ3v) is 7.92. The lowest BCUT2D eigenvalue weighted by Gasteiger charge is -2.43. The van der Waals surface area contributed by atoms with Crippen molar-refractivity contribution in [2.75, 3.05) is 7.11 Å². The molecule has 1 aliphatic heterocycles. The minimum Gasteiger partial charge on any atom is -0.492 e. The number of carbonyl (C=O) groups is 1. The van der Waals surface area contributed by atoms with Crippen LogP contribution in [0.1, 0.15) is 53.5 Å². The maximum absolute atomic E-state index is 13.1. The first-order chi connectivity index (χ1) is 18.5. The fourth-order valence-corrected chi connectivity index (χ4v) is 6.49. The van der Waals surface area contributed by atoms with Crippen molar-refractivity contribution in [1.29, 1.82) is 0 Å². The second kappa shape index (κ2) is 8.73. The molecule has 8 nitrogen and oxygen atoms in total. The number of hydrogen-bond donors (Lipinski definition) is 0. The predicted molar refractivity (Wildman–Crippen MR) is 153 cm³/mol. The number of piperidine rings is 1. The van der Waals surface area contributed by atoms with Crippen molar-refractivity contribution >= 4 is 38.8 Å². The summed E-state index contributed by atoms with van der Waals surface area (Å²) >= 11 is 0. The monoisotopic (exact) mass is 527 g/mol. The number of likely N-dealkylation sites (tertiary alicyclic amines) is 1. The van der Waals surface area contributed by atoms with E-state index in [9.17, 15) is 14.4 Å². The second-order valence-electron chi connectivity index (χ2n) is 11.7. The molecule has 2 atom stereocenters. The molecule has 3 heterocycles. The zero-order chi connectivity index (χ0) is 27.8. The number of nitrogens with zero attached hydrogens (tertiary/aromatic N) is 3. The Bertz CT molecular complexity index is 1820. The molecule has 2 aromatic heterocycles. The van der Waals surface area contributed by atoms with Gasteiger partial charge in [0.2, 0.25) is 5.43 Å². The van der Waals surface area contributed by atoms with Gasteiger partial charge < -0.3 is 18.9 Å². The first kappa shape index (κ1) is 25.2. The van der Waals surface area contributed by atoms with Gasteiger partial charge in [0.05, 0.1) is 23.5 Å². The standard InChI is InChI=1S/C31H33N3O5/c1-17-15-19(16-18(2)32(17)30(37)39-31(3,4)5)33-23-14-10-8-12-21(23)28(38-6)29(33)34-22-13-9-7-11-20(22)24-25(34)27(36)26(24)35/h7-14,17-19H,15-16H2,1-6H3. The number of carbonyl (C=O) groups excluding carboxylic acids is 1. The van der Waals surface area contributed by atoms with Gasteiger partial charge in [-0.2, -0.15) is 0 Å². The van der Waals surface area contributed by atoms with E-state index in [1.54, 1.807) is 7.11 Å². The Balaban J connectivity index is 1.57. The van der Waals surface area contributed by atoms with Gasteiger partial charge in [-0.05, 0) is 65.7 Å². The normalized spacial score (nSPS) is 20.4. The summed E-state index contributed by atoms with van der Waals surface area (Å²) in [7, 11) is 1.64. The summed E-state index contributed by atoms with van der Waals surface area (Å²) < 4.78 is 15.9. The molecule has 202 valence electrons. The molecule has 1 saturated heterocycles. The van der Waals surface area contributed by atoms with E-state index in [1.807, 2.05) is 72.7 Å². The molecule has 3 aromatic carbocycles. The third kappa shape index (κ3) is 3.68. The van der Waals surface area contributed by atoms with Gasteiger partial charge in [0, 0.05) is 28.9 Å². The summed E-state index contributed by atoms with van der Waals surface area (Å²) in [6.45, 7) is 9.73. The van der Waals surface area contributed by atoms with Crippen molar-refractivity contribution in [3.63, 3.8) is 0 Å². The molecule has 8 heteroatoms. The van der Waals surface area contributed by atoms with E-state index in [4.69, 9.17) is 9.47 Å². The zero-order valence-corrected chi connectivity index (χ0v) is 23.1. The topological polar surface area (TPSA) is 82.8 Å². The van der Waals surface area contributed by atoms with Gasteiger partial charge in [-0.15, -0.1) is 0 Å². The summed E-state index contributed by atoms with van der Waals surface area (Å²) in [6, 6.07) is 15.5. The highest BCUT2D eigenvalue weighted by atomic mass is 16.6. The predicted octanol–water partition coefficient (Wildman–Crippen LogP) is 5.69. The van der Waals surface area contributed by atoms with Crippen LogP contribution in [0.5, 0.6) is 5.75 Å². The molecule has 0 bridgehead atoms. The molecule has 6 rings (SSSR count). The third-order valence-electron chi connectivity index (χ3n) is 7.92. The second-order valence-corrected chi connectivity index (χ2v) is 11.7.